The maximum Gasteiger partial charge on any atom is 0.414 e. The summed E-state index contributed by atoms with van der Waals surface area (Å²) in [5.41, 5.74) is -1.42. The van der Waals surface area contributed by atoms with Crippen LogP contribution in [0.1, 0.15) is 73.6 Å². The quantitative estimate of drug-likeness (QED) is 0.375. The van der Waals surface area contributed by atoms with Gasteiger partial charge < -0.3 is 20.1 Å². The Balaban J connectivity index is 3.60. The zero-order valence-corrected chi connectivity index (χ0v) is 17.4. The summed E-state index contributed by atoms with van der Waals surface area (Å²) >= 11 is 0. The summed E-state index contributed by atoms with van der Waals surface area (Å²) in [6.07, 6.45) is 2.85. The normalized spacial score (nSPS) is 11.5. The highest BCUT2D eigenvalue weighted by Gasteiger charge is 2.26. The lowest BCUT2D eigenvalue weighted by atomic mass is 9.97. The van der Waals surface area contributed by atoms with Crippen molar-refractivity contribution >= 4 is 24.1 Å². The Morgan fingerprint density at radius 3 is 1.19 bits per heavy atom. The third-order valence-corrected chi connectivity index (χ3v) is 3.49. The molecule has 2 N–H and O–H groups in total. The number of nitrogens with one attached hydrogen (secondary N) is 2. The summed E-state index contributed by atoms with van der Waals surface area (Å²) in [4.78, 5) is 45.9. The molecular weight excluding hydrogens is 352 g/mol. The van der Waals surface area contributed by atoms with Crippen molar-refractivity contribution in [3.8, 4) is 0 Å². The van der Waals surface area contributed by atoms with Gasteiger partial charge in [0.2, 0.25) is 0 Å². The van der Waals surface area contributed by atoms with Crippen LogP contribution in [0.15, 0.2) is 0 Å². The first kappa shape index (κ1) is 24.9. The average molecular weight is 386 g/mol. The first-order valence-corrected chi connectivity index (χ1v) is 9.34. The van der Waals surface area contributed by atoms with Gasteiger partial charge in [0, 0.05) is 13.1 Å². The van der Waals surface area contributed by atoms with Gasteiger partial charge in [-0.2, -0.15) is 0 Å². The summed E-state index contributed by atoms with van der Waals surface area (Å²) in [5.74, 6) is -1.12. The van der Waals surface area contributed by atoms with Crippen molar-refractivity contribution in [1.82, 2.24) is 10.6 Å². The van der Waals surface area contributed by atoms with Crippen LogP contribution in [0, 0.1) is 10.8 Å². The summed E-state index contributed by atoms with van der Waals surface area (Å²) in [7, 11) is 0. The van der Waals surface area contributed by atoms with Crippen molar-refractivity contribution in [2.45, 2.75) is 73.6 Å². The molecule has 0 spiro atoms. The lowest BCUT2D eigenvalue weighted by Crippen LogP contribution is -2.32. The molecule has 8 heteroatoms. The van der Waals surface area contributed by atoms with E-state index < -0.39 is 35.0 Å². The van der Waals surface area contributed by atoms with E-state index in [0.717, 1.165) is 32.1 Å². The first-order valence-electron chi connectivity index (χ1n) is 9.34. The van der Waals surface area contributed by atoms with Crippen molar-refractivity contribution in [3.63, 3.8) is 0 Å². The maximum atomic E-state index is 11.5. The Bertz CT molecular complexity index is 471. The highest BCUT2D eigenvalue weighted by atomic mass is 16.6. The van der Waals surface area contributed by atoms with E-state index in [4.69, 9.17) is 0 Å². The molecule has 0 aromatic rings. The maximum absolute atomic E-state index is 11.5. The van der Waals surface area contributed by atoms with E-state index in [-0.39, 0.29) is 0 Å². The van der Waals surface area contributed by atoms with Gasteiger partial charge in [0.05, 0.1) is 10.8 Å². The van der Waals surface area contributed by atoms with E-state index >= 15 is 0 Å². The van der Waals surface area contributed by atoms with Gasteiger partial charge in [-0.3, -0.25) is 9.59 Å². The van der Waals surface area contributed by atoms with Gasteiger partial charge in [-0.25, -0.2) is 9.59 Å². The fraction of sp³-hybridized carbons (Fsp3) is 0.789. The minimum Gasteiger partial charge on any atom is -0.376 e. The molecule has 0 saturated carbocycles. The molecule has 0 fully saturated rings. The minimum atomic E-state index is -0.720. The standard InChI is InChI=1S/C19H34N2O6/c1-18(2,3)14(22)26-16(24)20-12-10-8-7-9-11-13-21-17(25)27-15(23)19(4,5)6/h7-13H2,1-6H3,(H,20,24)(H,21,25). The summed E-state index contributed by atoms with van der Waals surface area (Å²) in [6.45, 7) is 11.0. The Morgan fingerprint density at radius 1 is 0.593 bits per heavy atom. The van der Waals surface area contributed by atoms with Crippen LogP contribution >= 0.6 is 0 Å². The number of alkyl carbamates (subject to hydrolysis) is 2. The number of amides is 2. The second-order valence-corrected chi connectivity index (χ2v) is 8.48. The lowest BCUT2D eigenvalue weighted by molar-refractivity contribution is -0.147. The summed E-state index contributed by atoms with van der Waals surface area (Å²) in [6, 6.07) is 0. The Kier molecular flexibility index (Phi) is 10.7. The molecule has 0 bridgehead atoms. The molecule has 0 unspecified atom stereocenters. The predicted octanol–water partition coefficient (Wildman–Crippen LogP) is 3.53. The number of ether oxygens (including phenoxy) is 2. The molecule has 0 aliphatic rings. The third kappa shape index (κ3) is 12.8. The highest BCUT2D eigenvalue weighted by Crippen LogP contribution is 2.15. The van der Waals surface area contributed by atoms with Crippen LogP contribution in [0.2, 0.25) is 0 Å². The SMILES string of the molecule is CC(C)(C)C(=O)OC(=O)NCCCCCCCNC(=O)OC(=O)C(C)(C)C. The van der Waals surface area contributed by atoms with Gasteiger partial charge in [0.1, 0.15) is 0 Å². The van der Waals surface area contributed by atoms with Gasteiger partial charge >= 0.3 is 24.1 Å². The minimum absolute atomic E-state index is 0.440. The second-order valence-electron chi connectivity index (χ2n) is 8.48. The van der Waals surface area contributed by atoms with Gasteiger partial charge in [0.15, 0.2) is 0 Å². The molecule has 8 nitrogen and oxygen atoms in total. The van der Waals surface area contributed by atoms with Crippen LogP contribution in [0.4, 0.5) is 9.59 Å². The van der Waals surface area contributed by atoms with Crippen molar-refractivity contribution in [2.24, 2.45) is 10.8 Å². The number of hydrogen-bond acceptors (Lipinski definition) is 6. The zero-order valence-electron chi connectivity index (χ0n) is 17.4. The topological polar surface area (TPSA) is 111 Å². The van der Waals surface area contributed by atoms with E-state index in [0.29, 0.717) is 13.1 Å². The van der Waals surface area contributed by atoms with Crippen LogP contribution in [0.3, 0.4) is 0 Å². The van der Waals surface area contributed by atoms with Crippen molar-refractivity contribution in [2.75, 3.05) is 13.1 Å². The second kappa shape index (κ2) is 11.6. The van der Waals surface area contributed by atoms with Crippen LogP contribution in [-0.2, 0) is 19.1 Å². The predicted molar refractivity (Wildman–Crippen MR) is 101 cm³/mol. The third-order valence-electron chi connectivity index (χ3n) is 3.49. The van der Waals surface area contributed by atoms with Gasteiger partial charge in [0.25, 0.3) is 0 Å². The van der Waals surface area contributed by atoms with Crippen molar-refractivity contribution < 1.29 is 28.7 Å². The lowest BCUT2D eigenvalue weighted by Gasteiger charge is -2.15. The molecule has 0 saturated heterocycles. The van der Waals surface area contributed by atoms with Gasteiger partial charge in [-0.15, -0.1) is 0 Å². The number of esters is 2. The Hall–Kier alpha value is -2.12. The van der Waals surface area contributed by atoms with Crippen LogP contribution in [-0.4, -0.2) is 37.2 Å². The fourth-order valence-corrected chi connectivity index (χ4v) is 1.71. The van der Waals surface area contributed by atoms with Gasteiger partial charge in [-0.05, 0) is 54.4 Å². The van der Waals surface area contributed by atoms with Crippen molar-refractivity contribution in [1.29, 1.82) is 0 Å². The Morgan fingerprint density at radius 2 is 0.889 bits per heavy atom. The van der Waals surface area contributed by atoms with E-state index in [1.165, 1.54) is 0 Å². The van der Waals surface area contributed by atoms with E-state index in [1.807, 2.05) is 0 Å². The molecule has 0 aromatic heterocycles. The smallest absolute Gasteiger partial charge is 0.376 e. The fourth-order valence-electron chi connectivity index (χ4n) is 1.71. The van der Waals surface area contributed by atoms with Gasteiger partial charge in [-0.1, -0.05) is 19.3 Å². The molecule has 0 aliphatic heterocycles. The zero-order chi connectivity index (χ0) is 21.1. The van der Waals surface area contributed by atoms with Crippen LogP contribution < -0.4 is 10.6 Å². The monoisotopic (exact) mass is 386 g/mol. The van der Waals surface area contributed by atoms with Crippen molar-refractivity contribution in [3.05, 3.63) is 0 Å². The first-order chi connectivity index (χ1) is 12.3. The molecule has 0 rings (SSSR count). The van der Waals surface area contributed by atoms with E-state index in [9.17, 15) is 19.2 Å². The highest BCUT2D eigenvalue weighted by molar-refractivity contribution is 5.87. The molecule has 0 heterocycles. The molecule has 156 valence electrons. The number of unbranched alkanes of at least 4 members (excludes halogenated alkanes) is 4. The molecular formula is C19H34N2O6. The average Bonchev–Trinajstić information content (AvgIpc) is 2.51. The summed E-state index contributed by atoms with van der Waals surface area (Å²) in [5, 5.41) is 5.09. The molecule has 0 aromatic carbocycles. The summed E-state index contributed by atoms with van der Waals surface area (Å²) < 4.78 is 9.36. The largest absolute Gasteiger partial charge is 0.414 e. The number of rotatable bonds is 8. The number of carbonyl (C=O) groups excluding carboxylic acids is 4. The molecule has 0 aliphatic carbocycles. The molecule has 27 heavy (non-hydrogen) atoms. The molecule has 0 atom stereocenters. The number of carbonyl (C=O) groups is 4. The van der Waals surface area contributed by atoms with E-state index in [2.05, 4.69) is 20.1 Å². The van der Waals surface area contributed by atoms with Crippen LogP contribution in [0.25, 0.3) is 0 Å². The molecule has 0 radical (unpaired) electrons. The van der Waals surface area contributed by atoms with E-state index in [1.54, 1.807) is 41.5 Å². The number of hydrogen-bond donors (Lipinski definition) is 2. The van der Waals surface area contributed by atoms with Crippen LogP contribution in [0.5, 0.6) is 0 Å². The Labute approximate surface area is 161 Å². The molecule has 2 amide bonds.